The van der Waals surface area contributed by atoms with Gasteiger partial charge in [-0.05, 0) is 24.1 Å². The van der Waals surface area contributed by atoms with Gasteiger partial charge in [-0.15, -0.1) is 0 Å². The molecule has 0 spiro atoms. The van der Waals surface area contributed by atoms with Crippen molar-refractivity contribution in [3.05, 3.63) is 34.9 Å². The molecule has 1 heterocycles. The molecule has 0 radical (unpaired) electrons. The number of carbonyl (C=O) groups is 2. The highest BCUT2D eigenvalue weighted by Gasteiger charge is 2.24. The van der Waals surface area contributed by atoms with Gasteiger partial charge in [-0.1, -0.05) is 23.7 Å². The van der Waals surface area contributed by atoms with Crippen molar-refractivity contribution in [1.82, 2.24) is 10.6 Å². The molecule has 1 fully saturated rings. The van der Waals surface area contributed by atoms with Gasteiger partial charge in [-0.25, -0.2) is 0 Å². The maximum absolute atomic E-state index is 11.8. The molecular weight excluding hydrogens is 268 g/mol. The maximum atomic E-state index is 11.8. The van der Waals surface area contributed by atoms with E-state index in [1.807, 2.05) is 24.3 Å². The summed E-state index contributed by atoms with van der Waals surface area (Å²) in [5.41, 5.74) is 1.09. The van der Waals surface area contributed by atoms with Crippen molar-refractivity contribution in [2.24, 2.45) is 0 Å². The Hall–Kier alpha value is -1.59. The highest BCUT2D eigenvalue weighted by molar-refractivity contribution is 6.30. The standard InChI is InChI=1S/C13H15ClN2O3/c14-10-3-1-9(2-4-10)5-6-15-13(18)11-7-19-8-12(17)16-11/h1-4,11H,5-8H2,(H,15,18)(H,16,17). The Morgan fingerprint density at radius 3 is 2.84 bits per heavy atom. The van der Waals surface area contributed by atoms with Crippen LogP contribution in [-0.4, -0.2) is 37.6 Å². The second kappa shape index (κ2) is 6.54. The number of carbonyl (C=O) groups excluding carboxylic acids is 2. The largest absolute Gasteiger partial charge is 0.369 e. The van der Waals surface area contributed by atoms with Crippen LogP contribution in [0.25, 0.3) is 0 Å². The lowest BCUT2D eigenvalue weighted by molar-refractivity contribution is -0.138. The van der Waals surface area contributed by atoms with Gasteiger partial charge in [0.15, 0.2) is 0 Å². The van der Waals surface area contributed by atoms with Crippen LogP contribution in [0.4, 0.5) is 0 Å². The van der Waals surface area contributed by atoms with E-state index >= 15 is 0 Å². The van der Waals surface area contributed by atoms with Crippen LogP contribution in [-0.2, 0) is 20.7 Å². The van der Waals surface area contributed by atoms with Crippen molar-refractivity contribution < 1.29 is 14.3 Å². The quantitative estimate of drug-likeness (QED) is 0.846. The molecule has 0 bridgehead atoms. The van der Waals surface area contributed by atoms with Gasteiger partial charge >= 0.3 is 0 Å². The van der Waals surface area contributed by atoms with Crippen LogP contribution in [0, 0.1) is 0 Å². The maximum Gasteiger partial charge on any atom is 0.246 e. The zero-order chi connectivity index (χ0) is 13.7. The lowest BCUT2D eigenvalue weighted by Gasteiger charge is -2.22. The highest BCUT2D eigenvalue weighted by atomic mass is 35.5. The SMILES string of the molecule is O=C1COCC(C(=O)NCCc2ccc(Cl)cc2)N1. The number of ether oxygens (including phenoxy) is 1. The van der Waals surface area contributed by atoms with Gasteiger partial charge in [-0.3, -0.25) is 9.59 Å². The second-order valence-corrected chi connectivity index (χ2v) is 4.74. The summed E-state index contributed by atoms with van der Waals surface area (Å²) in [6.07, 6.45) is 0.713. The molecule has 1 saturated heterocycles. The molecule has 2 N–H and O–H groups in total. The minimum atomic E-state index is -0.591. The zero-order valence-electron chi connectivity index (χ0n) is 10.3. The summed E-state index contributed by atoms with van der Waals surface area (Å²) in [7, 11) is 0. The molecule has 5 nitrogen and oxygen atoms in total. The van der Waals surface area contributed by atoms with Crippen LogP contribution in [0.15, 0.2) is 24.3 Å². The van der Waals surface area contributed by atoms with Gasteiger partial charge in [0.25, 0.3) is 0 Å². The van der Waals surface area contributed by atoms with Crippen LogP contribution in [0.2, 0.25) is 5.02 Å². The molecule has 0 aliphatic carbocycles. The smallest absolute Gasteiger partial charge is 0.246 e. The van der Waals surface area contributed by atoms with Crippen LogP contribution in [0.3, 0.4) is 0 Å². The number of hydrogen-bond acceptors (Lipinski definition) is 3. The minimum absolute atomic E-state index is 0.0224. The molecule has 19 heavy (non-hydrogen) atoms. The minimum Gasteiger partial charge on any atom is -0.369 e. The Kier molecular flexibility index (Phi) is 4.76. The molecule has 1 atom stereocenters. The summed E-state index contributed by atoms with van der Waals surface area (Å²) < 4.78 is 5.01. The van der Waals surface area contributed by atoms with Crippen molar-refractivity contribution in [1.29, 1.82) is 0 Å². The van der Waals surface area contributed by atoms with E-state index in [1.54, 1.807) is 0 Å². The predicted molar refractivity (Wildman–Crippen MR) is 70.9 cm³/mol. The molecule has 0 aromatic heterocycles. The lowest BCUT2D eigenvalue weighted by atomic mass is 10.1. The van der Waals surface area contributed by atoms with Crippen LogP contribution in [0.5, 0.6) is 0 Å². The number of amides is 2. The first-order chi connectivity index (χ1) is 9.15. The van der Waals surface area contributed by atoms with Crippen molar-refractivity contribution >= 4 is 23.4 Å². The molecular formula is C13H15ClN2O3. The molecule has 1 aromatic carbocycles. The third-order valence-electron chi connectivity index (χ3n) is 2.80. The Balaban J connectivity index is 1.74. The van der Waals surface area contributed by atoms with Crippen LogP contribution >= 0.6 is 11.6 Å². The Morgan fingerprint density at radius 1 is 1.42 bits per heavy atom. The number of rotatable bonds is 4. The Morgan fingerprint density at radius 2 is 2.16 bits per heavy atom. The number of benzene rings is 1. The summed E-state index contributed by atoms with van der Waals surface area (Å²) in [5.74, 6) is -0.480. The van der Waals surface area contributed by atoms with Crippen LogP contribution < -0.4 is 10.6 Å². The number of morpholine rings is 1. The average Bonchev–Trinajstić information content (AvgIpc) is 2.41. The Bertz CT molecular complexity index is 461. The van der Waals surface area contributed by atoms with Gasteiger partial charge in [0.05, 0.1) is 6.61 Å². The number of hydrogen-bond donors (Lipinski definition) is 2. The highest BCUT2D eigenvalue weighted by Crippen LogP contribution is 2.09. The van der Waals surface area contributed by atoms with Gasteiger partial charge in [0, 0.05) is 11.6 Å². The third kappa shape index (κ3) is 4.22. The van der Waals surface area contributed by atoms with Crippen molar-refractivity contribution in [2.75, 3.05) is 19.8 Å². The van der Waals surface area contributed by atoms with Gasteiger partial charge in [0.1, 0.15) is 12.6 Å². The van der Waals surface area contributed by atoms with Gasteiger partial charge in [0.2, 0.25) is 11.8 Å². The number of halogens is 1. The summed E-state index contributed by atoms with van der Waals surface area (Å²) in [5, 5.41) is 6.04. The molecule has 1 aromatic rings. The van der Waals surface area contributed by atoms with E-state index < -0.39 is 6.04 Å². The van der Waals surface area contributed by atoms with Crippen molar-refractivity contribution in [3.8, 4) is 0 Å². The lowest BCUT2D eigenvalue weighted by Crippen LogP contribution is -2.54. The summed E-state index contributed by atoms with van der Waals surface area (Å²) in [6, 6.07) is 6.87. The van der Waals surface area contributed by atoms with E-state index in [0.717, 1.165) is 5.56 Å². The van der Waals surface area contributed by atoms with E-state index in [9.17, 15) is 9.59 Å². The van der Waals surface area contributed by atoms with Crippen molar-refractivity contribution in [2.45, 2.75) is 12.5 Å². The fraction of sp³-hybridized carbons (Fsp3) is 0.385. The van der Waals surface area contributed by atoms with Gasteiger partial charge < -0.3 is 15.4 Å². The Labute approximate surface area is 116 Å². The topological polar surface area (TPSA) is 67.4 Å². The normalized spacial score (nSPS) is 18.8. The first kappa shape index (κ1) is 13.8. The van der Waals surface area contributed by atoms with E-state index in [0.29, 0.717) is 18.0 Å². The van der Waals surface area contributed by atoms with E-state index in [1.165, 1.54) is 0 Å². The van der Waals surface area contributed by atoms with E-state index in [-0.39, 0.29) is 25.0 Å². The predicted octanol–water partition coefficient (Wildman–Crippen LogP) is 0.514. The molecule has 102 valence electrons. The summed E-state index contributed by atoms with van der Waals surface area (Å²) >= 11 is 5.79. The first-order valence-corrected chi connectivity index (χ1v) is 6.42. The van der Waals surface area contributed by atoms with Crippen molar-refractivity contribution in [3.63, 3.8) is 0 Å². The second-order valence-electron chi connectivity index (χ2n) is 4.30. The fourth-order valence-electron chi connectivity index (χ4n) is 1.79. The van der Waals surface area contributed by atoms with Crippen LogP contribution in [0.1, 0.15) is 5.56 Å². The zero-order valence-corrected chi connectivity index (χ0v) is 11.1. The monoisotopic (exact) mass is 282 g/mol. The molecule has 0 saturated carbocycles. The molecule has 1 aliphatic rings. The molecule has 6 heteroatoms. The number of nitrogens with one attached hydrogen (secondary N) is 2. The van der Waals surface area contributed by atoms with Gasteiger partial charge in [-0.2, -0.15) is 0 Å². The molecule has 1 aliphatic heterocycles. The van der Waals surface area contributed by atoms with E-state index in [2.05, 4.69) is 10.6 Å². The fourth-order valence-corrected chi connectivity index (χ4v) is 1.92. The third-order valence-corrected chi connectivity index (χ3v) is 3.05. The summed E-state index contributed by atoms with van der Waals surface area (Å²) in [6.45, 7) is 0.750. The first-order valence-electron chi connectivity index (χ1n) is 6.04. The molecule has 2 rings (SSSR count). The molecule has 2 amide bonds. The summed E-state index contributed by atoms with van der Waals surface area (Å²) in [4.78, 5) is 22.8. The van der Waals surface area contributed by atoms with E-state index in [4.69, 9.17) is 16.3 Å². The average molecular weight is 283 g/mol. The molecule has 1 unspecified atom stereocenters.